The highest BCUT2D eigenvalue weighted by Crippen LogP contribution is 2.32. The lowest BCUT2D eigenvalue weighted by atomic mass is 10.0. The van der Waals surface area contributed by atoms with Crippen LogP contribution in [0.4, 0.5) is 5.69 Å². The summed E-state index contributed by atoms with van der Waals surface area (Å²) >= 11 is 0. The van der Waals surface area contributed by atoms with E-state index in [1.165, 1.54) is 4.90 Å². The van der Waals surface area contributed by atoms with Gasteiger partial charge >= 0.3 is 0 Å². The number of allylic oxidation sites excluding steroid dienone is 12. The second kappa shape index (κ2) is 20.4. The third-order valence-electron chi connectivity index (χ3n) is 7.75. The number of nitrogens with zero attached hydrogens (tertiary/aromatic N) is 1. The van der Waals surface area contributed by atoms with Gasteiger partial charge in [-0.3, -0.25) is 29.3 Å². The Morgan fingerprint density at radius 1 is 0.872 bits per heavy atom. The standard InChI is InChI=1S/C38H48N4O5/c1-3-4-5-6-7-8-9-10-11-12-13-14-15-16-17-18-19-20-21-25-34(43)39-29(2)36(45)40-32-24-22-23-30-31(32)28-42(38(30)47)33-26-27-35(44)41-37(33)46/h4-5,7-8,10-11,13-14,16-17,19-20,22-24,29,33H,3,6,9,12,15,18,21,25-28H2,1-2H3,(H,39,43)(H,40,45)(H,41,44,46)/t29-,33?/m0/s1. The first-order valence-electron chi connectivity index (χ1n) is 16.6. The number of rotatable bonds is 18. The Kier molecular flexibility index (Phi) is 15.9. The van der Waals surface area contributed by atoms with Crippen molar-refractivity contribution in [1.29, 1.82) is 0 Å². The quantitative estimate of drug-likeness (QED) is 0.127. The molecule has 1 saturated heterocycles. The molecule has 1 unspecified atom stereocenters. The summed E-state index contributed by atoms with van der Waals surface area (Å²) in [4.78, 5) is 63.6. The van der Waals surface area contributed by atoms with Crippen LogP contribution in [0.2, 0.25) is 0 Å². The highest BCUT2D eigenvalue weighted by Gasteiger charge is 2.40. The molecular weight excluding hydrogens is 592 g/mol. The fraction of sp³-hybridized carbons (Fsp3) is 0.395. The number of anilines is 1. The van der Waals surface area contributed by atoms with E-state index < -0.39 is 23.9 Å². The molecule has 0 saturated carbocycles. The zero-order valence-electron chi connectivity index (χ0n) is 27.6. The molecule has 5 amide bonds. The second-order valence-corrected chi connectivity index (χ2v) is 11.5. The number of hydrogen-bond donors (Lipinski definition) is 3. The van der Waals surface area contributed by atoms with Gasteiger partial charge in [-0.25, -0.2) is 0 Å². The fourth-order valence-electron chi connectivity index (χ4n) is 5.18. The van der Waals surface area contributed by atoms with Crippen LogP contribution in [0.1, 0.15) is 94.0 Å². The van der Waals surface area contributed by atoms with Gasteiger partial charge in [0, 0.05) is 36.2 Å². The van der Waals surface area contributed by atoms with Gasteiger partial charge in [-0.1, -0.05) is 85.9 Å². The number of amides is 5. The van der Waals surface area contributed by atoms with Crippen LogP contribution in [-0.4, -0.2) is 46.5 Å². The van der Waals surface area contributed by atoms with Crippen LogP contribution >= 0.6 is 0 Å². The molecule has 250 valence electrons. The van der Waals surface area contributed by atoms with Gasteiger partial charge < -0.3 is 15.5 Å². The summed E-state index contributed by atoms with van der Waals surface area (Å²) in [6, 6.07) is 3.48. The molecule has 3 rings (SSSR count). The molecule has 0 bridgehead atoms. The minimum absolute atomic E-state index is 0.142. The maximum absolute atomic E-state index is 13.0. The molecule has 0 aliphatic carbocycles. The Morgan fingerprint density at radius 3 is 2.02 bits per heavy atom. The lowest BCUT2D eigenvalue weighted by Gasteiger charge is -2.29. The largest absolute Gasteiger partial charge is 0.345 e. The molecule has 0 radical (unpaired) electrons. The van der Waals surface area contributed by atoms with Crippen molar-refractivity contribution in [3.63, 3.8) is 0 Å². The number of imide groups is 1. The first-order chi connectivity index (χ1) is 22.8. The molecule has 0 spiro atoms. The molecule has 2 atom stereocenters. The van der Waals surface area contributed by atoms with E-state index in [9.17, 15) is 24.0 Å². The lowest BCUT2D eigenvalue weighted by Crippen LogP contribution is -2.52. The molecule has 9 nitrogen and oxygen atoms in total. The summed E-state index contributed by atoms with van der Waals surface area (Å²) in [5.41, 5.74) is 1.46. The van der Waals surface area contributed by atoms with Gasteiger partial charge in [0.25, 0.3) is 5.91 Å². The van der Waals surface area contributed by atoms with Gasteiger partial charge in [-0.05, 0) is 70.4 Å². The minimum Gasteiger partial charge on any atom is -0.345 e. The molecule has 0 aromatic heterocycles. The predicted molar refractivity (Wildman–Crippen MR) is 186 cm³/mol. The summed E-state index contributed by atoms with van der Waals surface area (Å²) < 4.78 is 0. The number of benzene rings is 1. The Hall–Kier alpha value is -4.79. The van der Waals surface area contributed by atoms with E-state index >= 15 is 0 Å². The van der Waals surface area contributed by atoms with E-state index in [4.69, 9.17) is 0 Å². The summed E-state index contributed by atoms with van der Waals surface area (Å²) in [5.74, 6) is -1.80. The maximum Gasteiger partial charge on any atom is 0.255 e. The average molecular weight is 641 g/mol. The predicted octanol–water partition coefficient (Wildman–Crippen LogP) is 6.37. The van der Waals surface area contributed by atoms with Crippen molar-refractivity contribution in [3.8, 4) is 0 Å². The molecular formula is C38H48N4O5. The number of hydrogen-bond acceptors (Lipinski definition) is 5. The third-order valence-corrected chi connectivity index (χ3v) is 7.75. The smallest absolute Gasteiger partial charge is 0.255 e. The first kappa shape index (κ1) is 36.7. The minimum atomic E-state index is -0.785. The van der Waals surface area contributed by atoms with Crippen molar-refractivity contribution in [2.45, 2.75) is 96.7 Å². The number of carbonyl (C=O) groups excluding carboxylic acids is 5. The van der Waals surface area contributed by atoms with Crippen molar-refractivity contribution in [2.75, 3.05) is 5.32 Å². The first-order valence-corrected chi connectivity index (χ1v) is 16.6. The number of carbonyl (C=O) groups is 5. The second-order valence-electron chi connectivity index (χ2n) is 11.5. The molecule has 1 aromatic carbocycles. The van der Waals surface area contributed by atoms with Gasteiger partial charge in [-0.15, -0.1) is 0 Å². The number of nitrogens with one attached hydrogen (secondary N) is 3. The van der Waals surface area contributed by atoms with Gasteiger partial charge in [0.05, 0.1) is 0 Å². The third kappa shape index (κ3) is 12.5. The van der Waals surface area contributed by atoms with Crippen molar-refractivity contribution in [3.05, 3.63) is 102 Å². The van der Waals surface area contributed by atoms with Crippen LogP contribution in [0.5, 0.6) is 0 Å². The van der Waals surface area contributed by atoms with Crippen molar-refractivity contribution < 1.29 is 24.0 Å². The molecule has 3 N–H and O–H groups in total. The summed E-state index contributed by atoms with van der Waals surface area (Å²) in [5, 5.41) is 7.83. The summed E-state index contributed by atoms with van der Waals surface area (Å²) in [6.07, 6.45) is 32.5. The summed E-state index contributed by atoms with van der Waals surface area (Å²) in [7, 11) is 0. The van der Waals surface area contributed by atoms with Gasteiger partial charge in [-0.2, -0.15) is 0 Å². The van der Waals surface area contributed by atoms with E-state index in [0.29, 0.717) is 23.2 Å². The van der Waals surface area contributed by atoms with Crippen LogP contribution in [0.25, 0.3) is 0 Å². The molecule has 9 heteroatoms. The Morgan fingerprint density at radius 2 is 1.45 bits per heavy atom. The molecule has 2 aliphatic heterocycles. The van der Waals surface area contributed by atoms with E-state index in [-0.39, 0.29) is 43.5 Å². The number of fused-ring (bicyclic) bond motifs is 1. The topological polar surface area (TPSA) is 125 Å². The van der Waals surface area contributed by atoms with Crippen LogP contribution in [0.3, 0.4) is 0 Å². The highest BCUT2D eigenvalue weighted by molar-refractivity contribution is 6.07. The molecule has 2 aliphatic rings. The normalized spacial score (nSPS) is 17.6. The van der Waals surface area contributed by atoms with Crippen LogP contribution in [0.15, 0.2) is 91.1 Å². The zero-order chi connectivity index (χ0) is 33.9. The molecule has 47 heavy (non-hydrogen) atoms. The zero-order valence-corrected chi connectivity index (χ0v) is 27.6. The van der Waals surface area contributed by atoms with Gasteiger partial charge in [0.1, 0.15) is 12.1 Å². The molecule has 1 fully saturated rings. The molecule has 2 heterocycles. The van der Waals surface area contributed by atoms with Crippen LogP contribution in [-0.2, 0) is 25.7 Å². The van der Waals surface area contributed by atoms with Crippen LogP contribution in [0, 0.1) is 0 Å². The SMILES string of the molecule is CCC=CCC=CCC=CCC=CCC=CCC=CCCC(=O)N[C@@H](C)C(=O)Nc1cccc2c1CN(C1CCC(=O)NC1=O)C2=O. The van der Waals surface area contributed by atoms with Crippen molar-refractivity contribution in [2.24, 2.45) is 0 Å². The highest BCUT2D eigenvalue weighted by atomic mass is 16.2. The van der Waals surface area contributed by atoms with Crippen molar-refractivity contribution >= 4 is 35.2 Å². The van der Waals surface area contributed by atoms with E-state index in [0.717, 1.165) is 38.5 Å². The van der Waals surface area contributed by atoms with Crippen LogP contribution < -0.4 is 16.0 Å². The maximum atomic E-state index is 13.0. The average Bonchev–Trinajstić information content (AvgIpc) is 3.38. The lowest BCUT2D eigenvalue weighted by molar-refractivity contribution is -0.137. The van der Waals surface area contributed by atoms with Gasteiger partial charge in [0.15, 0.2) is 0 Å². The summed E-state index contributed by atoms with van der Waals surface area (Å²) in [6.45, 7) is 3.89. The Labute approximate surface area is 278 Å². The Balaban J connectivity index is 1.30. The van der Waals surface area contributed by atoms with E-state index in [1.54, 1.807) is 25.1 Å². The fourth-order valence-corrected chi connectivity index (χ4v) is 5.18. The monoisotopic (exact) mass is 640 g/mol. The number of piperidine rings is 1. The van der Waals surface area contributed by atoms with E-state index in [2.05, 4.69) is 83.6 Å². The molecule has 1 aromatic rings. The van der Waals surface area contributed by atoms with Crippen molar-refractivity contribution in [1.82, 2.24) is 15.5 Å². The van der Waals surface area contributed by atoms with E-state index in [1.807, 2.05) is 12.2 Å². The van der Waals surface area contributed by atoms with Gasteiger partial charge in [0.2, 0.25) is 23.6 Å². The Bertz CT molecular complexity index is 1440.